The van der Waals surface area contributed by atoms with Gasteiger partial charge in [-0.3, -0.25) is 9.69 Å². The fraction of sp³-hybridized carbons (Fsp3) is 0.154. The molecule has 0 atom stereocenters. The van der Waals surface area contributed by atoms with Gasteiger partial charge in [0.25, 0.3) is 5.91 Å². The number of furan rings is 1. The number of para-hydroxylation sites is 1. The lowest BCUT2D eigenvalue weighted by Crippen LogP contribution is -2.27. The fourth-order valence-electron chi connectivity index (χ4n) is 4.11. The maximum absolute atomic E-state index is 13.1. The molecule has 33 heavy (non-hydrogen) atoms. The van der Waals surface area contributed by atoms with Crippen molar-refractivity contribution in [2.45, 2.75) is 26.4 Å². The van der Waals surface area contributed by atoms with Crippen molar-refractivity contribution < 1.29 is 9.21 Å². The first-order chi connectivity index (χ1) is 16.0. The zero-order chi connectivity index (χ0) is 22.9. The van der Waals surface area contributed by atoms with Gasteiger partial charge in [0.05, 0.1) is 23.2 Å². The van der Waals surface area contributed by atoms with E-state index >= 15 is 0 Å². The number of rotatable bonds is 6. The molecule has 3 heterocycles. The number of aromatic nitrogens is 1. The molecule has 166 valence electrons. The minimum Gasteiger partial charge on any atom is -0.467 e. The van der Waals surface area contributed by atoms with Gasteiger partial charge in [0.2, 0.25) is 0 Å². The van der Waals surface area contributed by atoms with Crippen molar-refractivity contribution in [1.82, 2.24) is 9.47 Å². The van der Waals surface area contributed by atoms with Gasteiger partial charge >= 0.3 is 0 Å². The smallest absolute Gasteiger partial charge is 0.266 e. The van der Waals surface area contributed by atoms with E-state index < -0.39 is 0 Å². The highest BCUT2D eigenvalue weighted by molar-refractivity contribution is 8.26. The minimum absolute atomic E-state index is 0.0911. The second kappa shape index (κ2) is 9.21. The number of nitrogens with zero attached hydrogens (tertiary/aromatic N) is 2. The van der Waals surface area contributed by atoms with Crippen LogP contribution in [0.5, 0.6) is 0 Å². The first kappa shape index (κ1) is 22.0. The maximum atomic E-state index is 13.1. The van der Waals surface area contributed by atoms with Crippen LogP contribution in [0.4, 0.5) is 0 Å². The fourth-order valence-corrected chi connectivity index (χ4v) is 5.48. The summed E-state index contributed by atoms with van der Waals surface area (Å²) < 4.78 is 8.20. The molecule has 2 aromatic heterocycles. The second-order valence-electron chi connectivity index (χ2n) is 7.85. The lowest BCUT2D eigenvalue weighted by atomic mass is 10.1. The molecule has 0 aliphatic carbocycles. The summed E-state index contributed by atoms with van der Waals surface area (Å²) in [5, 5.41) is 1.85. The SMILES string of the molecule is CCc1cccc2c(/C=C3\SC(=S)N(Cc4ccco4)C3=O)cn(Cc3ccc(Cl)cc3)c12. The Labute approximate surface area is 206 Å². The van der Waals surface area contributed by atoms with Crippen molar-refractivity contribution in [1.29, 1.82) is 0 Å². The molecule has 0 unspecified atom stereocenters. The molecular weight excluding hydrogens is 472 g/mol. The normalized spacial score (nSPS) is 15.3. The predicted octanol–water partition coefficient (Wildman–Crippen LogP) is 6.90. The lowest BCUT2D eigenvalue weighted by Gasteiger charge is -2.11. The summed E-state index contributed by atoms with van der Waals surface area (Å²) in [6, 6.07) is 17.9. The second-order valence-corrected chi connectivity index (χ2v) is 9.97. The molecule has 2 aromatic carbocycles. The lowest BCUT2D eigenvalue weighted by molar-refractivity contribution is -0.122. The van der Waals surface area contributed by atoms with Crippen LogP contribution in [-0.4, -0.2) is 19.7 Å². The van der Waals surface area contributed by atoms with E-state index in [4.69, 9.17) is 28.2 Å². The monoisotopic (exact) mass is 492 g/mol. The quantitative estimate of drug-likeness (QED) is 0.217. The number of hydrogen-bond donors (Lipinski definition) is 0. The predicted molar refractivity (Wildman–Crippen MR) is 139 cm³/mol. The molecule has 1 fully saturated rings. The Bertz CT molecular complexity index is 1370. The van der Waals surface area contributed by atoms with Crippen LogP contribution in [0, 0.1) is 0 Å². The molecule has 7 heteroatoms. The molecule has 0 N–H and O–H groups in total. The van der Waals surface area contributed by atoms with Crippen molar-refractivity contribution in [3.05, 3.63) is 99.4 Å². The van der Waals surface area contributed by atoms with Crippen LogP contribution >= 0.6 is 35.6 Å². The Morgan fingerprint density at radius 2 is 1.91 bits per heavy atom. The summed E-state index contributed by atoms with van der Waals surface area (Å²) in [7, 11) is 0. The van der Waals surface area contributed by atoms with Crippen molar-refractivity contribution >= 4 is 62.8 Å². The average Bonchev–Trinajstić information content (AvgIpc) is 3.52. The zero-order valence-electron chi connectivity index (χ0n) is 18.0. The van der Waals surface area contributed by atoms with Crippen LogP contribution in [0.15, 0.2) is 76.4 Å². The Hall–Kier alpha value is -2.80. The van der Waals surface area contributed by atoms with E-state index in [0.717, 1.165) is 28.9 Å². The van der Waals surface area contributed by atoms with Crippen molar-refractivity contribution in [3.8, 4) is 0 Å². The minimum atomic E-state index is -0.0911. The van der Waals surface area contributed by atoms with E-state index in [1.54, 1.807) is 11.2 Å². The number of aryl methyl sites for hydroxylation is 1. The van der Waals surface area contributed by atoms with E-state index in [-0.39, 0.29) is 5.91 Å². The molecule has 1 aliphatic heterocycles. The van der Waals surface area contributed by atoms with Crippen LogP contribution in [0.3, 0.4) is 0 Å². The Morgan fingerprint density at radius 1 is 1.09 bits per heavy atom. The highest BCUT2D eigenvalue weighted by atomic mass is 35.5. The molecular formula is C26H21ClN2O2S2. The molecule has 0 spiro atoms. The van der Waals surface area contributed by atoms with Gasteiger partial charge in [0.1, 0.15) is 10.1 Å². The van der Waals surface area contributed by atoms with Gasteiger partial charge in [0.15, 0.2) is 0 Å². The standard InChI is InChI=1S/C26H21ClN2O2S2/c1-2-18-5-3-7-22-19(15-28(24(18)22)14-17-8-10-20(27)11-9-17)13-23-25(30)29(26(32)33-23)16-21-6-4-12-31-21/h3-13,15H,2,14,16H2,1H3/b23-13-. The molecule has 1 amide bonds. The number of thioether (sulfide) groups is 1. The number of halogens is 1. The van der Waals surface area contributed by atoms with E-state index in [1.807, 2.05) is 42.5 Å². The number of benzene rings is 2. The number of amides is 1. The number of thiocarbonyl (C=S) groups is 1. The average molecular weight is 493 g/mol. The molecule has 0 bridgehead atoms. The first-order valence-electron chi connectivity index (χ1n) is 10.7. The summed E-state index contributed by atoms with van der Waals surface area (Å²) in [5.41, 5.74) is 4.63. The van der Waals surface area contributed by atoms with E-state index in [9.17, 15) is 4.79 Å². The van der Waals surface area contributed by atoms with E-state index in [0.29, 0.717) is 21.5 Å². The molecule has 1 saturated heterocycles. The van der Waals surface area contributed by atoms with Crippen molar-refractivity contribution in [2.75, 3.05) is 0 Å². The molecule has 1 aliphatic rings. The molecule has 0 radical (unpaired) electrons. The van der Waals surface area contributed by atoms with Gasteiger partial charge in [0, 0.05) is 28.7 Å². The number of carbonyl (C=O) groups excluding carboxylic acids is 1. The Balaban J connectivity index is 1.53. The number of hydrogen-bond acceptors (Lipinski definition) is 4. The number of fused-ring (bicyclic) bond motifs is 1. The van der Waals surface area contributed by atoms with Gasteiger partial charge < -0.3 is 8.98 Å². The van der Waals surface area contributed by atoms with Crippen LogP contribution in [-0.2, 0) is 24.3 Å². The van der Waals surface area contributed by atoms with Crippen LogP contribution in [0.25, 0.3) is 17.0 Å². The van der Waals surface area contributed by atoms with Gasteiger partial charge in [-0.05, 0) is 47.9 Å². The third-order valence-electron chi connectivity index (χ3n) is 5.71. The largest absolute Gasteiger partial charge is 0.467 e. The summed E-state index contributed by atoms with van der Waals surface area (Å²) in [4.78, 5) is 15.3. The van der Waals surface area contributed by atoms with Gasteiger partial charge in [-0.1, -0.05) is 72.8 Å². The molecule has 4 nitrogen and oxygen atoms in total. The van der Waals surface area contributed by atoms with Gasteiger partial charge in [-0.2, -0.15) is 0 Å². The highest BCUT2D eigenvalue weighted by Gasteiger charge is 2.32. The summed E-state index contributed by atoms with van der Waals surface area (Å²) in [6.45, 7) is 3.22. The third kappa shape index (κ3) is 4.38. The Kier molecular flexibility index (Phi) is 6.15. The number of carbonyl (C=O) groups is 1. The summed E-state index contributed by atoms with van der Waals surface area (Å²) in [5.74, 6) is 0.617. The maximum Gasteiger partial charge on any atom is 0.266 e. The van der Waals surface area contributed by atoms with Gasteiger partial charge in [-0.25, -0.2) is 0 Å². The first-order valence-corrected chi connectivity index (χ1v) is 12.3. The van der Waals surface area contributed by atoms with Crippen molar-refractivity contribution in [3.63, 3.8) is 0 Å². The topological polar surface area (TPSA) is 38.4 Å². The van der Waals surface area contributed by atoms with Crippen LogP contribution in [0.1, 0.15) is 29.4 Å². The zero-order valence-corrected chi connectivity index (χ0v) is 20.3. The summed E-state index contributed by atoms with van der Waals surface area (Å²) >= 11 is 12.9. The Morgan fingerprint density at radius 3 is 2.64 bits per heavy atom. The third-order valence-corrected chi connectivity index (χ3v) is 7.34. The highest BCUT2D eigenvalue weighted by Crippen LogP contribution is 2.36. The molecule has 0 saturated carbocycles. The van der Waals surface area contributed by atoms with Crippen molar-refractivity contribution in [2.24, 2.45) is 0 Å². The molecule has 5 rings (SSSR count). The van der Waals surface area contributed by atoms with Crippen LogP contribution < -0.4 is 0 Å². The van der Waals surface area contributed by atoms with E-state index in [1.165, 1.54) is 28.4 Å². The van der Waals surface area contributed by atoms with Gasteiger partial charge in [-0.15, -0.1) is 0 Å². The summed E-state index contributed by atoms with van der Waals surface area (Å²) in [6.07, 6.45) is 6.61. The van der Waals surface area contributed by atoms with Crippen LogP contribution in [0.2, 0.25) is 5.02 Å². The van der Waals surface area contributed by atoms with E-state index in [2.05, 4.69) is 35.9 Å². The molecule has 4 aromatic rings.